The summed E-state index contributed by atoms with van der Waals surface area (Å²) >= 11 is 0. The van der Waals surface area contributed by atoms with Crippen LogP contribution in [0.5, 0.6) is 0 Å². The smallest absolute Gasteiger partial charge is 0.312 e. The number of likely N-dealkylation sites (N-methyl/N-ethyl adjacent to an activating group) is 1. The van der Waals surface area contributed by atoms with Gasteiger partial charge in [0.05, 0.1) is 0 Å². The molecule has 5 heteroatoms. The Labute approximate surface area is 135 Å². The molecular weight excluding hydrogens is 278 g/mol. The first-order valence-electron chi connectivity index (χ1n) is 8.19. The zero-order valence-corrected chi connectivity index (χ0v) is 15.5. The lowest BCUT2D eigenvalue weighted by Crippen LogP contribution is -2.63. The summed E-state index contributed by atoms with van der Waals surface area (Å²) in [7, 11) is 0. The number of rotatable bonds is 2. The van der Waals surface area contributed by atoms with E-state index in [1.54, 1.807) is 4.90 Å². The third-order valence-electron chi connectivity index (χ3n) is 4.09. The highest BCUT2D eigenvalue weighted by Crippen LogP contribution is 2.28. The monoisotopic (exact) mass is 311 g/mol. The van der Waals surface area contributed by atoms with Crippen LogP contribution in [0.1, 0.15) is 68.2 Å². The molecule has 0 aromatic heterocycles. The molecule has 1 aliphatic heterocycles. The second kappa shape index (κ2) is 6.19. The van der Waals surface area contributed by atoms with E-state index in [0.29, 0.717) is 6.54 Å². The molecule has 1 rings (SSSR count). The molecule has 0 bridgehead atoms. The van der Waals surface area contributed by atoms with Crippen LogP contribution in [0.3, 0.4) is 0 Å². The van der Waals surface area contributed by atoms with E-state index in [9.17, 15) is 9.59 Å². The molecule has 2 amide bonds. The molecule has 0 unspecified atom stereocenters. The Kier molecular flexibility index (Phi) is 5.33. The Balaban J connectivity index is 2.77. The van der Waals surface area contributed by atoms with Crippen molar-refractivity contribution in [1.82, 2.24) is 15.5 Å². The molecule has 1 fully saturated rings. The Hall–Kier alpha value is -1.10. The van der Waals surface area contributed by atoms with Crippen molar-refractivity contribution in [2.75, 3.05) is 6.54 Å². The van der Waals surface area contributed by atoms with E-state index in [4.69, 9.17) is 0 Å². The summed E-state index contributed by atoms with van der Waals surface area (Å²) in [6, 6.07) is 0.0152. The fourth-order valence-electron chi connectivity index (χ4n) is 3.72. The van der Waals surface area contributed by atoms with Gasteiger partial charge in [-0.3, -0.25) is 9.59 Å². The molecule has 5 nitrogen and oxygen atoms in total. The van der Waals surface area contributed by atoms with Crippen LogP contribution in [-0.4, -0.2) is 45.9 Å². The molecule has 128 valence electrons. The van der Waals surface area contributed by atoms with Gasteiger partial charge in [-0.25, -0.2) is 0 Å². The highest BCUT2D eigenvalue weighted by molar-refractivity contribution is 6.35. The maximum Gasteiger partial charge on any atom is 0.312 e. The first-order chi connectivity index (χ1) is 9.77. The van der Waals surface area contributed by atoms with Crippen LogP contribution in [0.15, 0.2) is 0 Å². The predicted octanol–water partition coefficient (Wildman–Crippen LogP) is 2.06. The number of nitrogens with one attached hydrogen (secondary N) is 2. The highest BCUT2D eigenvalue weighted by atomic mass is 16.2. The molecule has 1 aliphatic rings. The van der Waals surface area contributed by atoms with Crippen LogP contribution in [0, 0.1) is 0 Å². The maximum absolute atomic E-state index is 12.4. The largest absolute Gasteiger partial charge is 0.345 e. The van der Waals surface area contributed by atoms with Crippen LogP contribution in [0.4, 0.5) is 0 Å². The van der Waals surface area contributed by atoms with Gasteiger partial charge in [0.25, 0.3) is 0 Å². The van der Waals surface area contributed by atoms with E-state index in [2.05, 4.69) is 38.3 Å². The second-order valence-corrected chi connectivity index (χ2v) is 8.69. The lowest BCUT2D eigenvalue weighted by molar-refractivity contribution is -0.149. The first-order valence-corrected chi connectivity index (χ1v) is 8.19. The SMILES string of the molecule is CCN(C(=O)C(=O)NC1CC(C)(C)NC(C)(C)C1)C(C)(C)C. The van der Waals surface area contributed by atoms with Gasteiger partial charge in [-0.1, -0.05) is 0 Å². The second-order valence-electron chi connectivity index (χ2n) is 8.69. The lowest BCUT2D eigenvalue weighted by Gasteiger charge is -2.46. The number of carbonyl (C=O) groups excluding carboxylic acids is 2. The minimum atomic E-state index is -0.490. The number of carbonyl (C=O) groups is 2. The van der Waals surface area contributed by atoms with Crippen LogP contribution < -0.4 is 10.6 Å². The quantitative estimate of drug-likeness (QED) is 0.767. The first kappa shape index (κ1) is 18.9. The van der Waals surface area contributed by atoms with Crippen molar-refractivity contribution in [2.45, 2.75) is 90.9 Å². The van der Waals surface area contributed by atoms with Crippen LogP contribution in [-0.2, 0) is 9.59 Å². The average molecular weight is 311 g/mol. The molecule has 1 heterocycles. The van der Waals surface area contributed by atoms with Gasteiger partial charge < -0.3 is 15.5 Å². The minimum Gasteiger partial charge on any atom is -0.345 e. The van der Waals surface area contributed by atoms with Gasteiger partial charge >= 0.3 is 11.8 Å². The Morgan fingerprint density at radius 3 is 1.95 bits per heavy atom. The fourth-order valence-corrected chi connectivity index (χ4v) is 3.72. The van der Waals surface area contributed by atoms with Gasteiger partial charge in [0, 0.05) is 29.2 Å². The van der Waals surface area contributed by atoms with Crippen molar-refractivity contribution in [3.05, 3.63) is 0 Å². The molecule has 1 saturated heterocycles. The van der Waals surface area contributed by atoms with E-state index < -0.39 is 11.8 Å². The molecule has 0 saturated carbocycles. The number of piperidine rings is 1. The van der Waals surface area contributed by atoms with Gasteiger partial charge in [-0.05, 0) is 68.2 Å². The minimum absolute atomic E-state index is 0.0152. The molecule has 0 atom stereocenters. The van der Waals surface area contributed by atoms with Crippen molar-refractivity contribution in [1.29, 1.82) is 0 Å². The fraction of sp³-hybridized carbons (Fsp3) is 0.882. The zero-order valence-electron chi connectivity index (χ0n) is 15.5. The van der Waals surface area contributed by atoms with E-state index in [1.807, 2.05) is 27.7 Å². The van der Waals surface area contributed by atoms with Gasteiger partial charge in [0.2, 0.25) is 0 Å². The zero-order chi connectivity index (χ0) is 17.3. The maximum atomic E-state index is 12.4. The summed E-state index contributed by atoms with van der Waals surface area (Å²) in [5.74, 6) is -0.931. The van der Waals surface area contributed by atoms with Crippen LogP contribution in [0.2, 0.25) is 0 Å². The standard InChI is InChI=1S/C17H33N3O2/c1-9-20(15(2,3)4)14(22)13(21)18-12-10-16(5,6)19-17(7,8)11-12/h12,19H,9-11H2,1-8H3,(H,18,21). The molecule has 0 aliphatic carbocycles. The summed E-state index contributed by atoms with van der Waals surface area (Å²) in [5.41, 5.74) is -0.468. The number of hydrogen-bond acceptors (Lipinski definition) is 3. The normalized spacial score (nSPS) is 21.3. The van der Waals surface area contributed by atoms with Crippen molar-refractivity contribution in [3.63, 3.8) is 0 Å². The van der Waals surface area contributed by atoms with Gasteiger partial charge in [0.15, 0.2) is 0 Å². The molecule has 2 N–H and O–H groups in total. The topological polar surface area (TPSA) is 61.4 Å². The van der Waals surface area contributed by atoms with Gasteiger partial charge in [-0.2, -0.15) is 0 Å². The van der Waals surface area contributed by atoms with Crippen LogP contribution in [0.25, 0.3) is 0 Å². The number of nitrogens with zero attached hydrogens (tertiary/aromatic N) is 1. The Morgan fingerprint density at radius 1 is 1.14 bits per heavy atom. The summed E-state index contributed by atoms with van der Waals surface area (Å²) in [6.07, 6.45) is 1.63. The lowest BCUT2D eigenvalue weighted by atomic mass is 9.79. The van der Waals surface area contributed by atoms with Crippen LogP contribution >= 0.6 is 0 Å². The summed E-state index contributed by atoms with van der Waals surface area (Å²) < 4.78 is 0. The van der Waals surface area contributed by atoms with Crippen molar-refractivity contribution >= 4 is 11.8 Å². The van der Waals surface area contributed by atoms with E-state index >= 15 is 0 Å². The number of amides is 2. The average Bonchev–Trinajstić information content (AvgIpc) is 2.22. The number of hydrogen-bond donors (Lipinski definition) is 2. The third-order valence-corrected chi connectivity index (χ3v) is 4.09. The molecule has 22 heavy (non-hydrogen) atoms. The van der Waals surface area contributed by atoms with Crippen molar-refractivity contribution in [2.24, 2.45) is 0 Å². The third kappa shape index (κ3) is 4.97. The predicted molar refractivity (Wildman–Crippen MR) is 89.6 cm³/mol. The molecular formula is C17H33N3O2. The summed E-state index contributed by atoms with van der Waals surface area (Å²) in [5, 5.41) is 6.52. The van der Waals surface area contributed by atoms with Crippen molar-refractivity contribution in [3.8, 4) is 0 Å². The summed E-state index contributed by atoms with van der Waals surface area (Å²) in [6.45, 7) is 16.8. The van der Waals surface area contributed by atoms with Crippen molar-refractivity contribution < 1.29 is 9.59 Å². The van der Waals surface area contributed by atoms with E-state index in [0.717, 1.165) is 12.8 Å². The van der Waals surface area contributed by atoms with E-state index in [-0.39, 0.29) is 22.7 Å². The Morgan fingerprint density at radius 2 is 1.59 bits per heavy atom. The molecule has 0 aromatic rings. The van der Waals surface area contributed by atoms with E-state index in [1.165, 1.54) is 0 Å². The molecule has 0 spiro atoms. The van der Waals surface area contributed by atoms with Gasteiger partial charge in [-0.15, -0.1) is 0 Å². The Bertz CT molecular complexity index is 420. The van der Waals surface area contributed by atoms with Gasteiger partial charge in [0.1, 0.15) is 0 Å². The molecule has 0 aromatic carbocycles. The highest BCUT2D eigenvalue weighted by Gasteiger charge is 2.39. The molecule has 0 radical (unpaired) electrons. The summed E-state index contributed by atoms with van der Waals surface area (Å²) in [4.78, 5) is 26.4.